The molecular formula is C17H24N6O. The van der Waals surface area contributed by atoms with Gasteiger partial charge in [-0.05, 0) is 43.6 Å². The summed E-state index contributed by atoms with van der Waals surface area (Å²) < 4.78 is 7.35. The van der Waals surface area contributed by atoms with E-state index in [4.69, 9.17) is 10.5 Å². The van der Waals surface area contributed by atoms with Crippen LogP contribution in [0.5, 0.6) is 0 Å². The number of nitrogens with zero attached hydrogens (tertiary/aromatic N) is 5. The SMILES string of the molecule is Nc1c(N2CCC(C3CCCOC3)CC2)ncnc1-n1cccn1. The van der Waals surface area contributed by atoms with Crippen molar-refractivity contribution in [3.63, 3.8) is 0 Å². The third kappa shape index (κ3) is 2.96. The highest BCUT2D eigenvalue weighted by Gasteiger charge is 2.29. The molecule has 2 fully saturated rings. The summed E-state index contributed by atoms with van der Waals surface area (Å²) in [6, 6.07) is 1.86. The van der Waals surface area contributed by atoms with E-state index in [1.165, 1.54) is 25.7 Å². The van der Waals surface area contributed by atoms with Crippen molar-refractivity contribution in [1.82, 2.24) is 19.7 Å². The van der Waals surface area contributed by atoms with Crippen molar-refractivity contribution in [3.8, 4) is 5.82 Å². The highest BCUT2D eigenvalue weighted by atomic mass is 16.5. The van der Waals surface area contributed by atoms with Crippen LogP contribution in [0.3, 0.4) is 0 Å². The number of nitrogen functional groups attached to an aromatic ring is 1. The molecule has 4 heterocycles. The molecule has 0 aromatic carbocycles. The summed E-state index contributed by atoms with van der Waals surface area (Å²) in [4.78, 5) is 11.0. The molecule has 1 unspecified atom stereocenters. The molecule has 2 aromatic rings. The molecule has 0 amide bonds. The van der Waals surface area contributed by atoms with Gasteiger partial charge in [0.05, 0.1) is 0 Å². The summed E-state index contributed by atoms with van der Waals surface area (Å²) in [5.74, 6) is 2.96. The first-order valence-electron chi connectivity index (χ1n) is 8.76. The van der Waals surface area contributed by atoms with Gasteiger partial charge in [-0.1, -0.05) is 0 Å². The predicted molar refractivity (Wildman–Crippen MR) is 92.0 cm³/mol. The van der Waals surface area contributed by atoms with E-state index >= 15 is 0 Å². The Morgan fingerprint density at radius 2 is 1.92 bits per heavy atom. The lowest BCUT2D eigenvalue weighted by Gasteiger charge is -2.38. The number of hydrogen-bond acceptors (Lipinski definition) is 6. The Kier molecular flexibility index (Phi) is 4.34. The first-order valence-corrected chi connectivity index (χ1v) is 8.76. The maximum atomic E-state index is 6.34. The van der Waals surface area contributed by atoms with Crippen molar-refractivity contribution in [2.75, 3.05) is 36.9 Å². The van der Waals surface area contributed by atoms with E-state index in [1.54, 1.807) is 17.2 Å². The Balaban J connectivity index is 1.47. The predicted octanol–water partition coefficient (Wildman–Crippen LogP) is 1.89. The van der Waals surface area contributed by atoms with Gasteiger partial charge in [-0.3, -0.25) is 0 Å². The van der Waals surface area contributed by atoms with Gasteiger partial charge in [-0.15, -0.1) is 0 Å². The minimum atomic E-state index is 0.598. The Morgan fingerprint density at radius 1 is 1.08 bits per heavy atom. The van der Waals surface area contributed by atoms with E-state index in [1.807, 2.05) is 12.3 Å². The summed E-state index contributed by atoms with van der Waals surface area (Å²) in [5, 5.41) is 4.22. The average Bonchev–Trinajstić information content (AvgIpc) is 3.17. The van der Waals surface area contributed by atoms with Crippen LogP contribution in [0, 0.1) is 11.8 Å². The summed E-state index contributed by atoms with van der Waals surface area (Å²) in [7, 11) is 0. The van der Waals surface area contributed by atoms with Gasteiger partial charge < -0.3 is 15.4 Å². The van der Waals surface area contributed by atoms with Crippen molar-refractivity contribution < 1.29 is 4.74 Å². The lowest BCUT2D eigenvalue weighted by Crippen LogP contribution is -2.39. The van der Waals surface area contributed by atoms with Crippen LogP contribution < -0.4 is 10.6 Å². The van der Waals surface area contributed by atoms with Crippen LogP contribution in [0.4, 0.5) is 11.5 Å². The Bertz CT molecular complexity index is 660. The molecule has 0 bridgehead atoms. The highest BCUT2D eigenvalue weighted by molar-refractivity contribution is 5.70. The molecular weight excluding hydrogens is 304 g/mol. The summed E-state index contributed by atoms with van der Waals surface area (Å²) in [5.41, 5.74) is 6.93. The van der Waals surface area contributed by atoms with Gasteiger partial charge in [0.15, 0.2) is 11.6 Å². The number of rotatable bonds is 3. The fourth-order valence-electron chi connectivity index (χ4n) is 3.93. The molecule has 4 rings (SSSR count). The second-order valence-electron chi connectivity index (χ2n) is 6.69. The van der Waals surface area contributed by atoms with Crippen LogP contribution in [0.15, 0.2) is 24.8 Å². The summed E-state index contributed by atoms with van der Waals surface area (Å²) >= 11 is 0. The highest BCUT2D eigenvalue weighted by Crippen LogP contribution is 2.34. The molecule has 2 aliphatic rings. The summed E-state index contributed by atoms with van der Waals surface area (Å²) in [6.07, 6.45) is 10.0. The van der Waals surface area contributed by atoms with E-state index in [9.17, 15) is 0 Å². The third-order valence-electron chi connectivity index (χ3n) is 5.26. The van der Waals surface area contributed by atoms with Gasteiger partial charge in [0, 0.05) is 38.7 Å². The largest absolute Gasteiger partial charge is 0.393 e. The van der Waals surface area contributed by atoms with Crippen molar-refractivity contribution in [2.24, 2.45) is 11.8 Å². The standard InChI is InChI=1S/C17H24N6O/c18-15-16(19-12-20-17(15)23-7-2-6-21-23)22-8-4-13(5-9-22)14-3-1-10-24-11-14/h2,6-7,12-14H,1,3-5,8-11,18H2. The van der Waals surface area contributed by atoms with Crippen molar-refractivity contribution in [3.05, 3.63) is 24.8 Å². The van der Waals surface area contributed by atoms with Crippen LogP contribution in [-0.2, 0) is 4.74 Å². The maximum absolute atomic E-state index is 6.34. The molecule has 2 aromatic heterocycles. The lowest BCUT2D eigenvalue weighted by atomic mass is 9.81. The second-order valence-corrected chi connectivity index (χ2v) is 6.69. The van der Waals surface area contributed by atoms with E-state index in [0.29, 0.717) is 11.5 Å². The first-order chi connectivity index (χ1) is 11.8. The Labute approximate surface area is 141 Å². The van der Waals surface area contributed by atoms with E-state index in [-0.39, 0.29) is 0 Å². The van der Waals surface area contributed by atoms with Gasteiger partial charge >= 0.3 is 0 Å². The average molecular weight is 328 g/mol. The number of aromatic nitrogens is 4. The van der Waals surface area contributed by atoms with Gasteiger partial charge in [0.1, 0.15) is 12.0 Å². The Morgan fingerprint density at radius 3 is 2.62 bits per heavy atom. The van der Waals surface area contributed by atoms with Gasteiger partial charge in [-0.25, -0.2) is 14.6 Å². The first kappa shape index (κ1) is 15.4. The molecule has 2 saturated heterocycles. The molecule has 1 atom stereocenters. The van der Waals surface area contributed by atoms with Crippen molar-refractivity contribution >= 4 is 11.5 Å². The zero-order valence-corrected chi connectivity index (χ0v) is 13.8. The maximum Gasteiger partial charge on any atom is 0.181 e. The zero-order valence-electron chi connectivity index (χ0n) is 13.8. The number of piperidine rings is 1. The molecule has 0 saturated carbocycles. The second kappa shape index (κ2) is 6.76. The normalized spacial score (nSPS) is 22.7. The van der Waals surface area contributed by atoms with Crippen LogP contribution in [0.25, 0.3) is 5.82 Å². The molecule has 0 spiro atoms. The van der Waals surface area contributed by atoms with Crippen LogP contribution in [-0.4, -0.2) is 46.1 Å². The molecule has 24 heavy (non-hydrogen) atoms. The van der Waals surface area contributed by atoms with Gasteiger partial charge in [0.25, 0.3) is 0 Å². The Hall–Kier alpha value is -2.15. The molecule has 0 radical (unpaired) electrons. The number of ether oxygens (including phenoxy) is 1. The van der Waals surface area contributed by atoms with E-state index in [0.717, 1.165) is 44.0 Å². The molecule has 7 heteroatoms. The quantitative estimate of drug-likeness (QED) is 0.926. The van der Waals surface area contributed by atoms with Gasteiger partial charge in [-0.2, -0.15) is 5.10 Å². The van der Waals surface area contributed by atoms with Crippen LogP contribution in [0.1, 0.15) is 25.7 Å². The van der Waals surface area contributed by atoms with Crippen molar-refractivity contribution in [1.29, 1.82) is 0 Å². The van der Waals surface area contributed by atoms with Crippen LogP contribution >= 0.6 is 0 Å². The molecule has 2 aliphatic heterocycles. The minimum absolute atomic E-state index is 0.598. The monoisotopic (exact) mass is 328 g/mol. The molecule has 2 N–H and O–H groups in total. The number of anilines is 2. The topological polar surface area (TPSA) is 82.1 Å². The van der Waals surface area contributed by atoms with E-state index in [2.05, 4.69) is 20.0 Å². The number of hydrogen-bond donors (Lipinski definition) is 1. The zero-order chi connectivity index (χ0) is 16.4. The van der Waals surface area contributed by atoms with Crippen molar-refractivity contribution in [2.45, 2.75) is 25.7 Å². The smallest absolute Gasteiger partial charge is 0.181 e. The summed E-state index contributed by atoms with van der Waals surface area (Å²) in [6.45, 7) is 3.84. The van der Waals surface area contributed by atoms with E-state index < -0.39 is 0 Å². The molecule has 128 valence electrons. The lowest BCUT2D eigenvalue weighted by molar-refractivity contribution is 0.0253. The van der Waals surface area contributed by atoms with Gasteiger partial charge in [0.2, 0.25) is 0 Å². The third-order valence-corrected chi connectivity index (χ3v) is 5.26. The fourth-order valence-corrected chi connectivity index (χ4v) is 3.93. The number of nitrogens with two attached hydrogens (primary N) is 1. The molecule has 0 aliphatic carbocycles. The minimum Gasteiger partial charge on any atom is -0.393 e. The molecule has 7 nitrogen and oxygen atoms in total. The van der Waals surface area contributed by atoms with Crippen LogP contribution in [0.2, 0.25) is 0 Å². The fraction of sp³-hybridized carbons (Fsp3) is 0.588.